The van der Waals surface area contributed by atoms with Crippen LogP contribution in [0.25, 0.3) is 0 Å². The molecule has 0 aliphatic rings. The summed E-state index contributed by atoms with van der Waals surface area (Å²) in [6, 6.07) is 6.56. The molecule has 5 heteroatoms. The molecule has 1 atom stereocenters. The topological polar surface area (TPSA) is 29.5 Å². The Morgan fingerprint density at radius 3 is 2.89 bits per heavy atom. The molecule has 2 aromatic rings. The van der Waals surface area contributed by atoms with Gasteiger partial charge in [-0.3, -0.25) is 0 Å². The number of thiophene rings is 1. The molecule has 0 aliphatic heterocycles. The van der Waals surface area contributed by atoms with E-state index in [2.05, 4.69) is 15.9 Å². The first-order valence-electron chi connectivity index (χ1n) is 5.35. The van der Waals surface area contributed by atoms with Crippen molar-refractivity contribution in [3.8, 4) is 5.75 Å². The van der Waals surface area contributed by atoms with Crippen molar-refractivity contribution in [3.05, 3.63) is 50.4 Å². The molecule has 1 aromatic carbocycles. The van der Waals surface area contributed by atoms with Crippen LogP contribution in [0, 0.1) is 5.82 Å². The van der Waals surface area contributed by atoms with Gasteiger partial charge in [0.1, 0.15) is 11.6 Å². The van der Waals surface area contributed by atoms with Crippen molar-refractivity contribution in [1.82, 2.24) is 0 Å². The Hall–Kier alpha value is -0.910. The maximum Gasteiger partial charge on any atom is 0.137 e. The van der Waals surface area contributed by atoms with Crippen LogP contribution in [0.3, 0.4) is 0 Å². The molecule has 2 nitrogen and oxygen atoms in total. The lowest BCUT2D eigenvalue weighted by Crippen LogP contribution is -2.01. The highest BCUT2D eigenvalue weighted by Crippen LogP contribution is 2.33. The first-order chi connectivity index (χ1) is 8.61. The lowest BCUT2D eigenvalue weighted by molar-refractivity contribution is 0.178. The molecule has 0 amide bonds. The number of ether oxygens (including phenoxy) is 1. The Kier molecular flexibility index (Phi) is 4.37. The first kappa shape index (κ1) is 13.5. The zero-order valence-electron chi connectivity index (χ0n) is 9.69. The Morgan fingerprint density at radius 2 is 2.22 bits per heavy atom. The standard InChI is InChI=1S/C13H12BrFO2S/c1-17-12-4-5-18-13(12)11(16)7-8-2-3-10(15)9(14)6-8/h2-6,11,16H,7H2,1H3. The molecular weight excluding hydrogens is 319 g/mol. The summed E-state index contributed by atoms with van der Waals surface area (Å²) in [5.74, 6) is 0.385. The monoisotopic (exact) mass is 330 g/mol. The number of methoxy groups -OCH3 is 1. The molecule has 0 saturated heterocycles. The minimum absolute atomic E-state index is 0.304. The van der Waals surface area contributed by atoms with Gasteiger partial charge in [-0.1, -0.05) is 6.07 Å². The fourth-order valence-corrected chi connectivity index (χ4v) is 2.98. The predicted molar refractivity (Wildman–Crippen MR) is 73.6 cm³/mol. The van der Waals surface area contributed by atoms with Gasteiger partial charge >= 0.3 is 0 Å². The second kappa shape index (κ2) is 5.82. The van der Waals surface area contributed by atoms with Crippen molar-refractivity contribution < 1.29 is 14.2 Å². The van der Waals surface area contributed by atoms with Gasteiger partial charge in [0.15, 0.2) is 0 Å². The van der Waals surface area contributed by atoms with E-state index in [1.165, 1.54) is 17.4 Å². The van der Waals surface area contributed by atoms with E-state index in [9.17, 15) is 9.50 Å². The van der Waals surface area contributed by atoms with Crippen LogP contribution in [-0.2, 0) is 6.42 Å². The normalized spacial score (nSPS) is 12.4. The molecule has 1 unspecified atom stereocenters. The molecule has 96 valence electrons. The summed E-state index contributed by atoms with van der Waals surface area (Å²) in [6.07, 6.45) is -0.215. The average Bonchev–Trinajstić information content (AvgIpc) is 2.82. The molecule has 0 aliphatic carbocycles. The molecule has 0 saturated carbocycles. The molecule has 0 fully saturated rings. The maximum absolute atomic E-state index is 13.1. The quantitative estimate of drug-likeness (QED) is 0.920. The molecule has 1 N–H and O–H groups in total. The van der Waals surface area contributed by atoms with E-state index in [4.69, 9.17) is 4.74 Å². The van der Waals surface area contributed by atoms with Crippen LogP contribution in [0.4, 0.5) is 4.39 Å². The summed E-state index contributed by atoms with van der Waals surface area (Å²) >= 11 is 4.58. The summed E-state index contributed by atoms with van der Waals surface area (Å²) in [7, 11) is 1.58. The molecule has 2 rings (SSSR count). The molecule has 0 bridgehead atoms. The van der Waals surface area contributed by atoms with Gasteiger partial charge in [0, 0.05) is 6.42 Å². The van der Waals surface area contributed by atoms with Crippen molar-refractivity contribution in [3.63, 3.8) is 0 Å². The van der Waals surface area contributed by atoms with Crippen LogP contribution in [-0.4, -0.2) is 12.2 Å². The van der Waals surface area contributed by atoms with Gasteiger partial charge in [-0.25, -0.2) is 4.39 Å². The summed E-state index contributed by atoms with van der Waals surface area (Å²) in [5, 5.41) is 12.0. The van der Waals surface area contributed by atoms with Gasteiger partial charge in [-0.2, -0.15) is 0 Å². The highest BCUT2D eigenvalue weighted by Gasteiger charge is 2.15. The number of hydrogen-bond donors (Lipinski definition) is 1. The van der Waals surface area contributed by atoms with Crippen molar-refractivity contribution in [2.45, 2.75) is 12.5 Å². The van der Waals surface area contributed by atoms with Gasteiger partial charge < -0.3 is 9.84 Å². The van der Waals surface area contributed by atoms with Crippen LogP contribution in [0.15, 0.2) is 34.1 Å². The van der Waals surface area contributed by atoms with Gasteiger partial charge in [0.2, 0.25) is 0 Å². The van der Waals surface area contributed by atoms with E-state index in [1.807, 2.05) is 11.4 Å². The van der Waals surface area contributed by atoms with Crippen LogP contribution < -0.4 is 4.74 Å². The van der Waals surface area contributed by atoms with E-state index >= 15 is 0 Å². The van der Waals surface area contributed by atoms with Gasteiger partial charge in [0.05, 0.1) is 22.6 Å². The predicted octanol–water partition coefficient (Wildman–Crippen LogP) is 3.93. The first-order valence-corrected chi connectivity index (χ1v) is 7.02. The second-order valence-corrected chi connectivity index (χ2v) is 5.62. The van der Waals surface area contributed by atoms with Crippen LogP contribution in [0.5, 0.6) is 5.75 Å². The highest BCUT2D eigenvalue weighted by atomic mass is 79.9. The Balaban J connectivity index is 2.16. The summed E-state index contributed by atoms with van der Waals surface area (Å²) < 4.78 is 18.7. The van der Waals surface area contributed by atoms with E-state index in [-0.39, 0.29) is 5.82 Å². The minimum atomic E-state index is -0.641. The van der Waals surface area contributed by atoms with Gasteiger partial charge in [-0.15, -0.1) is 11.3 Å². The minimum Gasteiger partial charge on any atom is -0.495 e. The van der Waals surface area contributed by atoms with Crippen LogP contribution in [0.1, 0.15) is 16.5 Å². The van der Waals surface area contributed by atoms with E-state index in [0.29, 0.717) is 16.6 Å². The van der Waals surface area contributed by atoms with Crippen molar-refractivity contribution in [1.29, 1.82) is 0 Å². The molecular formula is C13H12BrFO2S. The molecule has 18 heavy (non-hydrogen) atoms. The second-order valence-electron chi connectivity index (χ2n) is 3.82. The number of aliphatic hydroxyl groups excluding tert-OH is 1. The Morgan fingerprint density at radius 1 is 1.44 bits per heavy atom. The van der Waals surface area contributed by atoms with Gasteiger partial charge in [0.25, 0.3) is 0 Å². The lowest BCUT2D eigenvalue weighted by atomic mass is 10.1. The third-order valence-electron chi connectivity index (χ3n) is 2.59. The number of rotatable bonds is 4. The largest absolute Gasteiger partial charge is 0.495 e. The third-order valence-corrected chi connectivity index (χ3v) is 4.20. The molecule has 1 heterocycles. The number of halogens is 2. The van der Waals surface area contributed by atoms with E-state index in [0.717, 1.165) is 10.4 Å². The fraction of sp³-hybridized carbons (Fsp3) is 0.231. The van der Waals surface area contributed by atoms with Crippen molar-refractivity contribution in [2.24, 2.45) is 0 Å². The molecule has 0 radical (unpaired) electrons. The Labute approximate surface area is 117 Å². The van der Waals surface area contributed by atoms with Crippen molar-refractivity contribution in [2.75, 3.05) is 7.11 Å². The summed E-state index contributed by atoms with van der Waals surface area (Å²) in [4.78, 5) is 0.790. The van der Waals surface area contributed by atoms with Crippen LogP contribution in [0.2, 0.25) is 0 Å². The highest BCUT2D eigenvalue weighted by molar-refractivity contribution is 9.10. The van der Waals surface area contributed by atoms with E-state index < -0.39 is 6.10 Å². The zero-order chi connectivity index (χ0) is 13.1. The lowest BCUT2D eigenvalue weighted by Gasteiger charge is -2.11. The number of aliphatic hydroxyl groups is 1. The number of hydrogen-bond acceptors (Lipinski definition) is 3. The average molecular weight is 331 g/mol. The summed E-state index contributed by atoms with van der Waals surface area (Å²) in [6.45, 7) is 0. The van der Waals surface area contributed by atoms with E-state index in [1.54, 1.807) is 19.2 Å². The smallest absolute Gasteiger partial charge is 0.137 e. The van der Waals surface area contributed by atoms with Gasteiger partial charge in [-0.05, 0) is 45.1 Å². The van der Waals surface area contributed by atoms with Crippen molar-refractivity contribution >= 4 is 27.3 Å². The molecule has 1 aromatic heterocycles. The fourth-order valence-electron chi connectivity index (χ4n) is 1.70. The maximum atomic E-state index is 13.1. The third kappa shape index (κ3) is 2.91. The molecule has 0 spiro atoms. The Bertz CT molecular complexity index is 542. The SMILES string of the molecule is COc1ccsc1C(O)Cc1ccc(F)c(Br)c1. The zero-order valence-corrected chi connectivity index (χ0v) is 12.1. The number of benzene rings is 1. The van der Waals surface area contributed by atoms with Crippen LogP contribution >= 0.6 is 27.3 Å². The summed E-state index contributed by atoms with van der Waals surface area (Å²) in [5.41, 5.74) is 0.867.